The minimum absolute atomic E-state index is 0.00117. The Morgan fingerprint density at radius 2 is 1.24 bits per heavy atom. The Morgan fingerprint density at radius 3 is 1.89 bits per heavy atom. The molecule has 4 aliphatic rings. The molecule has 0 aromatic heterocycles. The van der Waals surface area contributed by atoms with E-state index in [4.69, 9.17) is 18.9 Å². The van der Waals surface area contributed by atoms with Gasteiger partial charge in [-0.1, -0.05) is 31.9 Å². The fourth-order valence-corrected chi connectivity index (χ4v) is 7.76. The van der Waals surface area contributed by atoms with Crippen LogP contribution in [0.1, 0.15) is 120 Å². The van der Waals surface area contributed by atoms with Gasteiger partial charge in [0.05, 0.1) is 58.0 Å². The van der Waals surface area contributed by atoms with Crippen molar-refractivity contribution >= 4 is 31.9 Å². The van der Waals surface area contributed by atoms with Crippen molar-refractivity contribution in [1.82, 2.24) is 0 Å². The van der Waals surface area contributed by atoms with Crippen molar-refractivity contribution in [3.05, 3.63) is 0 Å². The van der Waals surface area contributed by atoms with Gasteiger partial charge in [-0.05, 0) is 120 Å². The van der Waals surface area contributed by atoms with Crippen LogP contribution in [0.25, 0.3) is 0 Å². The average Bonchev–Trinajstić information content (AvgIpc) is 3.01. The van der Waals surface area contributed by atoms with Gasteiger partial charge < -0.3 is 29.2 Å². The highest BCUT2D eigenvalue weighted by Gasteiger charge is 2.55. The van der Waals surface area contributed by atoms with Gasteiger partial charge in [0, 0.05) is 9.65 Å². The molecule has 0 saturated carbocycles. The summed E-state index contributed by atoms with van der Waals surface area (Å²) in [5, 5.41) is 22.9. The van der Waals surface area contributed by atoms with Gasteiger partial charge >= 0.3 is 0 Å². The number of alkyl halides is 2. The Hall–Kier alpha value is 0.720. The second-order valence-electron chi connectivity index (χ2n) is 14.6. The molecule has 4 heterocycles. The summed E-state index contributed by atoms with van der Waals surface area (Å²) in [6.45, 7) is 16.6. The molecule has 222 valence electrons. The summed E-state index contributed by atoms with van der Waals surface area (Å²) in [6, 6.07) is 0. The Morgan fingerprint density at radius 1 is 0.711 bits per heavy atom. The van der Waals surface area contributed by atoms with Crippen LogP contribution in [0, 0.1) is 0 Å². The number of hydrogen-bond donors (Lipinski definition) is 2. The number of halogens is 2. The lowest BCUT2D eigenvalue weighted by Gasteiger charge is -2.49. The highest BCUT2D eigenvalue weighted by molar-refractivity contribution is 9.09. The second kappa shape index (κ2) is 10.8. The number of aliphatic hydroxyl groups is 2. The first-order valence-electron chi connectivity index (χ1n) is 14.7. The molecule has 0 amide bonds. The van der Waals surface area contributed by atoms with Crippen LogP contribution in [0.15, 0.2) is 0 Å². The van der Waals surface area contributed by atoms with E-state index in [9.17, 15) is 10.2 Å². The molecule has 4 rings (SSSR count). The molecule has 0 aromatic carbocycles. The summed E-state index contributed by atoms with van der Waals surface area (Å²) in [5.41, 5.74) is -3.49. The van der Waals surface area contributed by atoms with Crippen LogP contribution < -0.4 is 0 Å². The minimum Gasteiger partial charge on any atom is -0.387 e. The molecule has 4 saturated heterocycles. The van der Waals surface area contributed by atoms with Crippen LogP contribution in [-0.2, 0) is 18.9 Å². The zero-order valence-corrected chi connectivity index (χ0v) is 28.0. The zero-order chi connectivity index (χ0) is 28.4. The van der Waals surface area contributed by atoms with Crippen LogP contribution in [0.3, 0.4) is 0 Å². The maximum Gasteiger partial charge on any atom is 0.0921 e. The van der Waals surface area contributed by atoms with Gasteiger partial charge in [-0.15, -0.1) is 0 Å². The highest BCUT2D eigenvalue weighted by Crippen LogP contribution is 2.49. The maximum atomic E-state index is 11.7. The van der Waals surface area contributed by atoms with Crippen molar-refractivity contribution in [3.63, 3.8) is 0 Å². The van der Waals surface area contributed by atoms with Crippen molar-refractivity contribution < 1.29 is 29.2 Å². The Kier molecular flexibility index (Phi) is 8.97. The van der Waals surface area contributed by atoms with Crippen molar-refractivity contribution in [2.75, 3.05) is 0 Å². The van der Waals surface area contributed by atoms with Crippen LogP contribution in [0.5, 0.6) is 0 Å². The van der Waals surface area contributed by atoms with Gasteiger partial charge in [0.1, 0.15) is 0 Å². The third-order valence-corrected chi connectivity index (χ3v) is 13.4. The SMILES string of the molecule is CC(O)(CC[C@@H]1OC(C)(C)[C@H](Br)CC[C@@]1(C)O)[C@H]1CC[C@@H]2O[C@]3(C)CC[C@@H](Br)C(C)(C)O[C@@H]3CC[C@@]2(C)O1. The Labute approximate surface area is 247 Å². The molecule has 0 aliphatic carbocycles. The molecule has 1 unspecified atom stereocenters. The van der Waals surface area contributed by atoms with Gasteiger partial charge in [0.15, 0.2) is 0 Å². The van der Waals surface area contributed by atoms with E-state index in [2.05, 4.69) is 73.4 Å². The molecule has 0 aromatic rings. The summed E-state index contributed by atoms with van der Waals surface area (Å²) in [5.74, 6) is 0. The lowest BCUT2D eigenvalue weighted by molar-refractivity contribution is -0.261. The van der Waals surface area contributed by atoms with E-state index in [0.29, 0.717) is 24.1 Å². The Bertz CT molecular complexity index is 847. The summed E-state index contributed by atoms with van der Waals surface area (Å²) in [7, 11) is 0. The van der Waals surface area contributed by atoms with Crippen LogP contribution in [0.4, 0.5) is 0 Å². The smallest absolute Gasteiger partial charge is 0.0921 e. The maximum absolute atomic E-state index is 11.7. The van der Waals surface area contributed by atoms with Gasteiger partial charge in [-0.3, -0.25) is 0 Å². The van der Waals surface area contributed by atoms with Crippen molar-refractivity contribution in [1.29, 1.82) is 0 Å². The molecule has 2 N–H and O–H groups in total. The molecule has 10 atom stereocenters. The third-order valence-electron chi connectivity index (χ3n) is 10.3. The largest absolute Gasteiger partial charge is 0.387 e. The van der Waals surface area contributed by atoms with E-state index in [-0.39, 0.29) is 40.4 Å². The molecule has 38 heavy (non-hydrogen) atoms. The minimum atomic E-state index is -1.04. The summed E-state index contributed by atoms with van der Waals surface area (Å²) < 4.78 is 26.8. The van der Waals surface area contributed by atoms with E-state index in [1.165, 1.54) is 0 Å². The lowest BCUT2D eigenvalue weighted by atomic mass is 9.79. The van der Waals surface area contributed by atoms with E-state index < -0.39 is 22.4 Å². The predicted octanol–water partition coefficient (Wildman–Crippen LogP) is 6.59. The van der Waals surface area contributed by atoms with E-state index >= 15 is 0 Å². The fourth-order valence-electron chi connectivity index (χ4n) is 7.09. The molecule has 6 nitrogen and oxygen atoms in total. The molecule has 0 spiro atoms. The zero-order valence-electron chi connectivity index (χ0n) is 24.8. The second-order valence-corrected chi connectivity index (χ2v) is 16.9. The van der Waals surface area contributed by atoms with Gasteiger partial charge in [-0.2, -0.15) is 0 Å². The first-order valence-corrected chi connectivity index (χ1v) is 16.6. The van der Waals surface area contributed by atoms with Gasteiger partial charge in [0.2, 0.25) is 0 Å². The topological polar surface area (TPSA) is 77.4 Å². The fraction of sp³-hybridized carbons (Fsp3) is 1.00. The lowest BCUT2D eigenvalue weighted by Crippen LogP contribution is -2.57. The molecular formula is C30H52Br2O6. The quantitative estimate of drug-likeness (QED) is 0.330. The first-order chi connectivity index (χ1) is 17.3. The van der Waals surface area contributed by atoms with Gasteiger partial charge in [-0.25, -0.2) is 0 Å². The van der Waals surface area contributed by atoms with Crippen molar-refractivity contribution in [3.8, 4) is 0 Å². The van der Waals surface area contributed by atoms with E-state index in [1.807, 2.05) is 13.8 Å². The molecule has 8 heteroatoms. The summed E-state index contributed by atoms with van der Waals surface area (Å²) in [4.78, 5) is 0.464. The first kappa shape index (κ1) is 31.7. The monoisotopic (exact) mass is 666 g/mol. The highest BCUT2D eigenvalue weighted by atomic mass is 79.9. The predicted molar refractivity (Wildman–Crippen MR) is 157 cm³/mol. The molecule has 4 aliphatic heterocycles. The van der Waals surface area contributed by atoms with Crippen LogP contribution in [0.2, 0.25) is 0 Å². The number of ether oxygens (including phenoxy) is 4. The average molecular weight is 669 g/mol. The van der Waals surface area contributed by atoms with E-state index in [1.54, 1.807) is 0 Å². The van der Waals surface area contributed by atoms with Gasteiger partial charge in [0.25, 0.3) is 0 Å². The van der Waals surface area contributed by atoms with Crippen LogP contribution >= 0.6 is 31.9 Å². The van der Waals surface area contributed by atoms with E-state index in [0.717, 1.165) is 44.9 Å². The molecule has 4 fully saturated rings. The number of rotatable bonds is 4. The Balaban J connectivity index is 1.44. The summed E-state index contributed by atoms with van der Waals surface area (Å²) >= 11 is 7.60. The molecular weight excluding hydrogens is 616 g/mol. The number of fused-ring (bicyclic) bond motifs is 2. The molecule has 0 radical (unpaired) electrons. The summed E-state index contributed by atoms with van der Waals surface area (Å²) in [6.07, 6.45) is 7.08. The molecule has 0 bridgehead atoms. The van der Waals surface area contributed by atoms with Crippen molar-refractivity contribution in [2.45, 2.75) is 187 Å². The van der Waals surface area contributed by atoms with Crippen molar-refractivity contribution in [2.24, 2.45) is 0 Å². The number of hydrogen-bond acceptors (Lipinski definition) is 6. The third kappa shape index (κ3) is 6.38. The van der Waals surface area contributed by atoms with Crippen LogP contribution in [-0.4, -0.2) is 77.9 Å². The standard InChI is InChI=1S/C30H52Br2O6/c1-25(2)19(31)11-15-27(5,33)22(35-25)13-16-28(6,34)21-9-10-23-30(8,37-21)18-14-24-29(7,38-23)17-12-20(32)26(3,4)36-24/h19-24,33-34H,9-18H2,1-8H3/t19-,20-,21-,22+,23+,24-,27-,28?,29-,30-/m1/s1. The normalized spacial score (nSPS) is 48.9.